The van der Waals surface area contributed by atoms with Crippen molar-refractivity contribution in [2.45, 2.75) is 20.8 Å². The van der Waals surface area contributed by atoms with Gasteiger partial charge in [-0.05, 0) is 58.6 Å². The van der Waals surface area contributed by atoms with Gasteiger partial charge in [0.15, 0.2) is 17.3 Å². The lowest BCUT2D eigenvalue weighted by molar-refractivity contribution is 0.103. The zero-order valence-electron chi connectivity index (χ0n) is 16.5. The summed E-state index contributed by atoms with van der Waals surface area (Å²) in [7, 11) is 1.58. The molecule has 0 aliphatic heterocycles. The molecule has 0 atom stereocenters. The number of halogens is 1. The number of hydrogen-bond donors (Lipinski definition) is 1. The van der Waals surface area contributed by atoms with Crippen LogP contribution in [0.1, 0.15) is 36.7 Å². The van der Waals surface area contributed by atoms with E-state index in [-0.39, 0.29) is 5.78 Å². The first-order valence-corrected chi connectivity index (χ1v) is 9.99. The standard InChI is InChI=1S/C23H24BrNO3/c1-14(2)13-28-23-19(24)10-16(11-21(23)27-4)22(26)15(3)9-17-12-25-20-8-6-5-7-18(17)20/h5-12,14,25H,13H2,1-4H3. The average Bonchev–Trinajstić information content (AvgIpc) is 3.08. The summed E-state index contributed by atoms with van der Waals surface area (Å²) in [4.78, 5) is 16.2. The van der Waals surface area contributed by atoms with Gasteiger partial charge in [-0.2, -0.15) is 0 Å². The third-order valence-corrected chi connectivity index (χ3v) is 4.99. The Bertz CT molecular complexity index is 1030. The quantitative estimate of drug-likeness (QED) is 0.347. The van der Waals surface area contributed by atoms with Gasteiger partial charge in [0, 0.05) is 28.2 Å². The summed E-state index contributed by atoms with van der Waals surface area (Å²) >= 11 is 3.52. The summed E-state index contributed by atoms with van der Waals surface area (Å²) in [6.45, 7) is 6.56. The van der Waals surface area contributed by atoms with Crippen molar-refractivity contribution in [2.24, 2.45) is 5.92 Å². The highest BCUT2D eigenvalue weighted by molar-refractivity contribution is 9.10. The van der Waals surface area contributed by atoms with Crippen LogP contribution in [0.25, 0.3) is 17.0 Å². The van der Waals surface area contributed by atoms with Gasteiger partial charge in [-0.3, -0.25) is 4.79 Å². The average molecular weight is 442 g/mol. The van der Waals surface area contributed by atoms with Crippen LogP contribution in [0.5, 0.6) is 11.5 Å². The van der Waals surface area contributed by atoms with Gasteiger partial charge in [-0.25, -0.2) is 0 Å². The number of H-pyrrole nitrogens is 1. The Labute approximate surface area is 173 Å². The molecule has 0 bridgehead atoms. The van der Waals surface area contributed by atoms with E-state index < -0.39 is 0 Å². The fourth-order valence-electron chi connectivity index (χ4n) is 2.98. The number of allylic oxidation sites excluding steroid dienone is 1. The van der Waals surface area contributed by atoms with Crippen molar-refractivity contribution in [3.63, 3.8) is 0 Å². The van der Waals surface area contributed by atoms with Crippen molar-refractivity contribution in [1.29, 1.82) is 0 Å². The molecule has 3 rings (SSSR count). The van der Waals surface area contributed by atoms with Crippen molar-refractivity contribution in [1.82, 2.24) is 4.98 Å². The highest BCUT2D eigenvalue weighted by atomic mass is 79.9. The lowest BCUT2D eigenvalue weighted by Crippen LogP contribution is -2.07. The zero-order valence-corrected chi connectivity index (χ0v) is 18.1. The highest BCUT2D eigenvalue weighted by Crippen LogP contribution is 2.37. The lowest BCUT2D eigenvalue weighted by Gasteiger charge is -2.15. The molecule has 3 aromatic rings. The largest absolute Gasteiger partial charge is 0.493 e. The van der Waals surface area contributed by atoms with Crippen LogP contribution < -0.4 is 9.47 Å². The number of hydrogen-bond acceptors (Lipinski definition) is 3. The van der Waals surface area contributed by atoms with Gasteiger partial charge in [0.05, 0.1) is 18.2 Å². The first kappa shape index (κ1) is 20.2. The number of aromatic nitrogens is 1. The topological polar surface area (TPSA) is 51.3 Å². The molecule has 0 radical (unpaired) electrons. The van der Waals surface area contributed by atoms with Gasteiger partial charge < -0.3 is 14.5 Å². The monoisotopic (exact) mass is 441 g/mol. The van der Waals surface area contributed by atoms with E-state index in [1.54, 1.807) is 19.2 Å². The molecule has 0 aliphatic rings. The molecule has 1 heterocycles. The minimum absolute atomic E-state index is 0.0558. The van der Waals surface area contributed by atoms with Gasteiger partial charge in [0.1, 0.15) is 0 Å². The second kappa shape index (κ2) is 8.65. The Balaban J connectivity index is 1.92. The number of Topliss-reactive ketones (excluding diaryl/α,β-unsaturated/α-hetero) is 1. The molecule has 2 aromatic carbocycles. The second-order valence-electron chi connectivity index (χ2n) is 7.14. The Kier molecular flexibility index (Phi) is 6.25. The number of rotatable bonds is 7. The summed E-state index contributed by atoms with van der Waals surface area (Å²) in [6, 6.07) is 11.5. The second-order valence-corrected chi connectivity index (χ2v) is 7.99. The normalized spacial score (nSPS) is 11.9. The zero-order chi connectivity index (χ0) is 20.3. The molecule has 1 N–H and O–H groups in total. The molecule has 0 saturated heterocycles. The minimum atomic E-state index is -0.0558. The van der Waals surface area contributed by atoms with Crippen LogP contribution in [-0.2, 0) is 0 Å². The molecule has 0 spiro atoms. The van der Waals surface area contributed by atoms with Gasteiger partial charge in [0.25, 0.3) is 0 Å². The molecule has 146 valence electrons. The van der Waals surface area contributed by atoms with E-state index in [4.69, 9.17) is 9.47 Å². The molecule has 4 nitrogen and oxygen atoms in total. The van der Waals surface area contributed by atoms with Crippen molar-refractivity contribution in [3.05, 3.63) is 63.8 Å². The predicted molar refractivity (Wildman–Crippen MR) is 117 cm³/mol. The van der Waals surface area contributed by atoms with Gasteiger partial charge in [-0.15, -0.1) is 0 Å². The SMILES string of the molecule is COc1cc(C(=O)C(C)=Cc2c[nH]c3ccccc23)cc(Br)c1OCC(C)C. The maximum Gasteiger partial charge on any atom is 0.188 e. The van der Waals surface area contributed by atoms with Crippen LogP contribution in [-0.4, -0.2) is 24.5 Å². The Hall–Kier alpha value is -2.53. The summed E-state index contributed by atoms with van der Waals surface area (Å²) < 4.78 is 12.0. The van der Waals surface area contributed by atoms with Crippen molar-refractivity contribution < 1.29 is 14.3 Å². The molecule has 0 aliphatic carbocycles. The summed E-state index contributed by atoms with van der Waals surface area (Å²) in [6.07, 6.45) is 3.82. The maximum absolute atomic E-state index is 13.0. The van der Waals surface area contributed by atoms with E-state index in [0.29, 0.717) is 39.6 Å². The molecule has 0 fully saturated rings. The van der Waals surface area contributed by atoms with Crippen LogP contribution >= 0.6 is 15.9 Å². The van der Waals surface area contributed by atoms with Gasteiger partial charge >= 0.3 is 0 Å². The molecule has 0 saturated carbocycles. The minimum Gasteiger partial charge on any atom is -0.493 e. The van der Waals surface area contributed by atoms with Crippen molar-refractivity contribution in [3.8, 4) is 11.5 Å². The number of aromatic amines is 1. The number of para-hydroxylation sites is 1. The van der Waals surface area contributed by atoms with Crippen LogP contribution in [0.3, 0.4) is 0 Å². The Morgan fingerprint density at radius 1 is 1.25 bits per heavy atom. The van der Waals surface area contributed by atoms with E-state index in [9.17, 15) is 4.79 Å². The fourth-order valence-corrected chi connectivity index (χ4v) is 3.54. The number of methoxy groups -OCH3 is 1. The fraction of sp³-hybridized carbons (Fsp3) is 0.261. The van der Waals surface area contributed by atoms with E-state index in [2.05, 4.69) is 34.8 Å². The van der Waals surface area contributed by atoms with Crippen LogP contribution in [0, 0.1) is 5.92 Å². The lowest BCUT2D eigenvalue weighted by atomic mass is 10.0. The number of carbonyl (C=O) groups excluding carboxylic acids is 1. The number of carbonyl (C=O) groups is 1. The third-order valence-electron chi connectivity index (χ3n) is 4.40. The Morgan fingerprint density at radius 3 is 2.71 bits per heavy atom. The molecule has 0 amide bonds. The smallest absolute Gasteiger partial charge is 0.188 e. The summed E-state index contributed by atoms with van der Waals surface area (Å²) in [5.74, 6) is 1.49. The van der Waals surface area contributed by atoms with Crippen LogP contribution in [0.2, 0.25) is 0 Å². The number of ketones is 1. The number of benzene rings is 2. The third kappa shape index (κ3) is 4.30. The predicted octanol–water partition coefficient (Wildman–Crippen LogP) is 6.26. The van der Waals surface area contributed by atoms with Gasteiger partial charge in [-0.1, -0.05) is 32.0 Å². The molecule has 5 heteroatoms. The van der Waals surface area contributed by atoms with Gasteiger partial charge in [0.2, 0.25) is 0 Å². The molecule has 28 heavy (non-hydrogen) atoms. The van der Waals surface area contributed by atoms with E-state index in [1.165, 1.54) is 0 Å². The van der Waals surface area contributed by atoms with Crippen molar-refractivity contribution >= 4 is 38.7 Å². The first-order chi connectivity index (χ1) is 13.4. The van der Waals surface area contributed by atoms with Crippen LogP contribution in [0.15, 0.2) is 52.6 Å². The molecular weight excluding hydrogens is 418 g/mol. The first-order valence-electron chi connectivity index (χ1n) is 9.20. The highest BCUT2D eigenvalue weighted by Gasteiger charge is 2.17. The number of ether oxygens (including phenoxy) is 2. The van der Waals surface area contributed by atoms with E-state index >= 15 is 0 Å². The van der Waals surface area contributed by atoms with E-state index in [1.807, 2.05) is 43.5 Å². The number of nitrogens with one attached hydrogen (secondary N) is 1. The van der Waals surface area contributed by atoms with Crippen LogP contribution in [0.4, 0.5) is 0 Å². The Morgan fingerprint density at radius 2 is 2.00 bits per heavy atom. The van der Waals surface area contributed by atoms with E-state index in [0.717, 1.165) is 16.5 Å². The van der Waals surface area contributed by atoms with Crippen molar-refractivity contribution in [2.75, 3.05) is 13.7 Å². The maximum atomic E-state index is 13.0. The molecule has 0 unspecified atom stereocenters. The number of fused-ring (bicyclic) bond motifs is 1. The summed E-state index contributed by atoms with van der Waals surface area (Å²) in [5, 5.41) is 1.09. The summed E-state index contributed by atoms with van der Waals surface area (Å²) in [5.41, 5.74) is 3.23. The molecule has 1 aromatic heterocycles. The molecular formula is C23H24BrNO3.